The van der Waals surface area contributed by atoms with Crippen LogP contribution in [0.15, 0.2) is 24.4 Å². The zero-order valence-corrected chi connectivity index (χ0v) is 13.7. The fraction of sp³-hybridized carbons (Fsp3) is 0.333. The van der Waals surface area contributed by atoms with Crippen molar-refractivity contribution in [3.05, 3.63) is 40.9 Å². The number of benzene rings is 1. The van der Waals surface area contributed by atoms with Crippen LogP contribution in [0.5, 0.6) is 0 Å². The molecule has 0 saturated carbocycles. The lowest BCUT2D eigenvalue weighted by Gasteiger charge is -2.34. The topological polar surface area (TPSA) is 97.6 Å². The predicted octanol–water partition coefficient (Wildman–Crippen LogP) is 1.38. The van der Waals surface area contributed by atoms with Crippen molar-refractivity contribution in [1.29, 1.82) is 0 Å². The van der Waals surface area contributed by atoms with Crippen LogP contribution in [0.4, 0.5) is 4.39 Å². The lowest BCUT2D eigenvalue weighted by Crippen LogP contribution is -2.49. The Bertz CT molecular complexity index is 813. The summed E-state index contributed by atoms with van der Waals surface area (Å²) in [5.74, 6) is -2.19. The largest absolute Gasteiger partial charge is 0.481 e. The maximum absolute atomic E-state index is 14.1. The second kappa shape index (κ2) is 7.16. The first-order chi connectivity index (χ1) is 12.0. The van der Waals surface area contributed by atoms with Crippen LogP contribution >= 0.6 is 11.6 Å². The number of hydrogen-bond acceptors (Lipinski definition) is 5. The molecule has 8 nitrogen and oxygen atoms in total. The van der Waals surface area contributed by atoms with Gasteiger partial charge in [-0.1, -0.05) is 22.9 Å². The lowest BCUT2D eigenvalue weighted by atomic mass is 10.1. The second-order valence-corrected chi connectivity index (χ2v) is 5.85. The third-order valence-corrected chi connectivity index (χ3v) is 4.08. The van der Waals surface area contributed by atoms with Crippen molar-refractivity contribution in [3.63, 3.8) is 0 Å². The van der Waals surface area contributed by atoms with Crippen LogP contribution in [-0.4, -0.2) is 62.7 Å². The molecule has 0 radical (unpaired) electrons. The minimum absolute atomic E-state index is 0.0170. The molecule has 2 heterocycles. The summed E-state index contributed by atoms with van der Waals surface area (Å²) in [4.78, 5) is 25.0. The van der Waals surface area contributed by atoms with Crippen molar-refractivity contribution in [2.75, 3.05) is 19.8 Å². The molecule has 1 amide bonds. The van der Waals surface area contributed by atoms with Gasteiger partial charge in [-0.05, 0) is 12.1 Å². The van der Waals surface area contributed by atoms with Gasteiger partial charge in [0.1, 0.15) is 5.69 Å². The van der Waals surface area contributed by atoms with Crippen LogP contribution in [0, 0.1) is 5.82 Å². The number of hydrogen-bond donors (Lipinski definition) is 1. The zero-order chi connectivity index (χ0) is 18.0. The summed E-state index contributed by atoms with van der Waals surface area (Å²) in [7, 11) is 0. The maximum Gasteiger partial charge on any atom is 0.305 e. The molecule has 3 rings (SSSR count). The number of carboxylic acid groups (broad SMARTS) is 1. The summed E-state index contributed by atoms with van der Waals surface area (Å²) < 4.78 is 20.4. The van der Waals surface area contributed by atoms with E-state index in [9.17, 15) is 14.0 Å². The number of nitrogens with zero attached hydrogens (tertiary/aromatic N) is 4. The predicted molar refractivity (Wildman–Crippen MR) is 84.2 cm³/mol. The standard InChI is InChI=1S/C15H14ClFN4O4/c16-10-2-1-3-12(14(10)17)21-7-11(18-19-21)15(24)20-4-5-25-8-9(20)6-13(22)23/h1-3,7,9H,4-6,8H2,(H,22,23). The van der Waals surface area contributed by atoms with Crippen LogP contribution < -0.4 is 0 Å². The molecular formula is C15H14ClFN4O4. The van der Waals surface area contributed by atoms with Gasteiger partial charge in [-0.3, -0.25) is 9.59 Å². The lowest BCUT2D eigenvalue weighted by molar-refractivity contribution is -0.139. The van der Waals surface area contributed by atoms with Crippen LogP contribution in [0.2, 0.25) is 5.02 Å². The fourth-order valence-corrected chi connectivity index (χ4v) is 2.76. The average molecular weight is 369 g/mol. The van der Waals surface area contributed by atoms with Gasteiger partial charge in [-0.25, -0.2) is 9.07 Å². The van der Waals surface area contributed by atoms with E-state index in [4.69, 9.17) is 21.4 Å². The first-order valence-corrected chi connectivity index (χ1v) is 7.82. The monoisotopic (exact) mass is 368 g/mol. The molecule has 1 atom stereocenters. The van der Waals surface area contributed by atoms with E-state index in [1.54, 1.807) is 6.07 Å². The summed E-state index contributed by atoms with van der Waals surface area (Å²) in [6, 6.07) is 3.81. The molecule has 132 valence electrons. The highest BCUT2D eigenvalue weighted by Crippen LogP contribution is 2.21. The summed E-state index contributed by atoms with van der Waals surface area (Å²) in [5.41, 5.74) is 0.0415. The smallest absolute Gasteiger partial charge is 0.305 e. The van der Waals surface area contributed by atoms with Crippen molar-refractivity contribution in [3.8, 4) is 5.69 Å². The van der Waals surface area contributed by atoms with E-state index in [0.717, 1.165) is 4.68 Å². The summed E-state index contributed by atoms with van der Waals surface area (Å²) >= 11 is 5.74. The number of amides is 1. The van der Waals surface area contributed by atoms with E-state index >= 15 is 0 Å². The molecule has 1 aromatic carbocycles. The number of halogens is 2. The van der Waals surface area contributed by atoms with Crippen molar-refractivity contribution >= 4 is 23.5 Å². The summed E-state index contributed by atoms with van der Waals surface area (Å²) in [6.45, 7) is 0.684. The Kier molecular flexibility index (Phi) is 4.95. The van der Waals surface area contributed by atoms with Gasteiger partial charge in [0.05, 0.1) is 36.9 Å². The number of aliphatic carboxylic acids is 1. The number of rotatable bonds is 4. The molecule has 1 aliphatic rings. The number of aromatic nitrogens is 3. The third-order valence-electron chi connectivity index (χ3n) is 3.79. The first kappa shape index (κ1) is 17.3. The van der Waals surface area contributed by atoms with Crippen molar-refractivity contribution in [1.82, 2.24) is 19.9 Å². The van der Waals surface area contributed by atoms with Crippen LogP contribution in [0.25, 0.3) is 5.69 Å². The maximum atomic E-state index is 14.1. The summed E-state index contributed by atoms with van der Waals surface area (Å²) in [5, 5.41) is 16.4. The average Bonchev–Trinajstić information content (AvgIpc) is 3.06. The minimum Gasteiger partial charge on any atom is -0.481 e. The second-order valence-electron chi connectivity index (χ2n) is 5.45. The van der Waals surface area contributed by atoms with E-state index in [1.807, 2.05) is 0 Å². The number of carbonyl (C=O) groups excluding carboxylic acids is 1. The number of ether oxygens (including phenoxy) is 1. The highest BCUT2D eigenvalue weighted by molar-refractivity contribution is 6.30. The highest BCUT2D eigenvalue weighted by atomic mass is 35.5. The Morgan fingerprint density at radius 2 is 2.24 bits per heavy atom. The Morgan fingerprint density at radius 1 is 1.44 bits per heavy atom. The molecule has 1 N–H and O–H groups in total. The zero-order valence-electron chi connectivity index (χ0n) is 12.9. The Balaban J connectivity index is 1.84. The third kappa shape index (κ3) is 3.62. The molecule has 1 unspecified atom stereocenters. The Labute approximate surface area is 146 Å². The normalized spacial score (nSPS) is 17.5. The van der Waals surface area contributed by atoms with Gasteiger partial charge in [0.2, 0.25) is 0 Å². The van der Waals surface area contributed by atoms with Gasteiger partial charge in [0, 0.05) is 6.54 Å². The van der Waals surface area contributed by atoms with Crippen LogP contribution in [-0.2, 0) is 9.53 Å². The molecule has 10 heteroatoms. The van der Waals surface area contributed by atoms with E-state index in [-0.39, 0.29) is 36.0 Å². The van der Waals surface area contributed by atoms with Gasteiger partial charge in [-0.15, -0.1) is 5.10 Å². The van der Waals surface area contributed by atoms with Gasteiger partial charge in [0.15, 0.2) is 11.5 Å². The van der Waals surface area contributed by atoms with E-state index in [0.29, 0.717) is 6.61 Å². The Morgan fingerprint density at radius 3 is 3.00 bits per heavy atom. The summed E-state index contributed by atoms with van der Waals surface area (Å²) in [6.07, 6.45) is 1.05. The van der Waals surface area contributed by atoms with Gasteiger partial charge >= 0.3 is 5.97 Å². The van der Waals surface area contributed by atoms with Crippen molar-refractivity contribution < 1.29 is 23.8 Å². The molecule has 1 saturated heterocycles. The SMILES string of the molecule is O=C(O)CC1COCCN1C(=O)c1cn(-c2cccc(Cl)c2F)nn1. The Hall–Kier alpha value is -2.52. The number of carboxylic acids is 1. The number of morpholine rings is 1. The molecule has 1 aromatic heterocycles. The van der Waals surface area contributed by atoms with Crippen molar-refractivity contribution in [2.24, 2.45) is 0 Å². The number of carbonyl (C=O) groups is 2. The molecule has 0 bridgehead atoms. The van der Waals surface area contributed by atoms with E-state index in [2.05, 4.69) is 10.3 Å². The van der Waals surface area contributed by atoms with Gasteiger partial charge in [-0.2, -0.15) is 0 Å². The molecule has 0 aliphatic carbocycles. The molecule has 1 aliphatic heterocycles. The minimum atomic E-state index is -1.03. The fourth-order valence-electron chi connectivity index (χ4n) is 2.59. The molecule has 2 aromatic rings. The van der Waals surface area contributed by atoms with E-state index < -0.39 is 23.7 Å². The van der Waals surface area contributed by atoms with Crippen LogP contribution in [0.1, 0.15) is 16.9 Å². The van der Waals surface area contributed by atoms with E-state index in [1.165, 1.54) is 23.2 Å². The van der Waals surface area contributed by atoms with Gasteiger partial charge < -0.3 is 14.7 Å². The quantitative estimate of drug-likeness (QED) is 0.875. The first-order valence-electron chi connectivity index (χ1n) is 7.44. The molecule has 25 heavy (non-hydrogen) atoms. The highest BCUT2D eigenvalue weighted by Gasteiger charge is 2.31. The molecule has 0 spiro atoms. The van der Waals surface area contributed by atoms with Gasteiger partial charge in [0.25, 0.3) is 5.91 Å². The van der Waals surface area contributed by atoms with Crippen molar-refractivity contribution in [2.45, 2.75) is 12.5 Å². The molecule has 1 fully saturated rings. The molecular weight excluding hydrogens is 355 g/mol. The van der Waals surface area contributed by atoms with Crippen LogP contribution in [0.3, 0.4) is 0 Å².